The van der Waals surface area contributed by atoms with E-state index in [2.05, 4.69) is 27.7 Å². The quantitative estimate of drug-likeness (QED) is 0.476. The van der Waals surface area contributed by atoms with Gasteiger partial charge in [0.15, 0.2) is 0 Å². The van der Waals surface area contributed by atoms with Crippen LogP contribution in [-0.4, -0.2) is 23.4 Å². The summed E-state index contributed by atoms with van der Waals surface area (Å²) in [6, 6.07) is 0. The number of hydrogen-bond acceptors (Lipinski definition) is 2. The molecule has 2 heteroatoms. The topological polar surface area (TPSA) is 21.8 Å². The zero-order valence-corrected chi connectivity index (χ0v) is 6.97. The summed E-state index contributed by atoms with van der Waals surface area (Å²) in [5.41, 5.74) is -0.123. The lowest BCUT2D eigenvalue weighted by atomic mass is 10.0. The summed E-state index contributed by atoms with van der Waals surface area (Å²) >= 11 is 0. The third kappa shape index (κ3) is 0.663. The molecular weight excluding hydrogens is 128 g/mol. The van der Waals surface area contributed by atoms with Gasteiger partial charge in [0.1, 0.15) is 12.2 Å². The monoisotopic (exact) mass is 142 g/mol. The molecule has 58 valence electrons. The first kappa shape index (κ1) is 6.62. The van der Waals surface area contributed by atoms with Crippen LogP contribution in [-0.2, 0) is 9.47 Å². The lowest BCUT2D eigenvalue weighted by Gasteiger charge is -2.27. The second-order valence-corrected chi connectivity index (χ2v) is 4.29. The molecule has 2 fully saturated rings. The van der Waals surface area contributed by atoms with Crippen LogP contribution in [0.4, 0.5) is 0 Å². The van der Waals surface area contributed by atoms with Gasteiger partial charge in [-0.3, -0.25) is 0 Å². The summed E-state index contributed by atoms with van der Waals surface area (Å²) in [6.07, 6.45) is 0.699. The maximum Gasteiger partial charge on any atom is 0.115 e. The van der Waals surface area contributed by atoms with E-state index in [-0.39, 0.29) is 11.2 Å². The van der Waals surface area contributed by atoms with Crippen molar-refractivity contribution in [1.82, 2.24) is 0 Å². The van der Waals surface area contributed by atoms with Crippen LogP contribution in [0.5, 0.6) is 0 Å². The minimum absolute atomic E-state index is 0.0613. The van der Waals surface area contributed by atoms with Gasteiger partial charge >= 0.3 is 0 Å². The van der Waals surface area contributed by atoms with Crippen LogP contribution in [0.1, 0.15) is 27.7 Å². The van der Waals surface area contributed by atoms with E-state index in [1.54, 1.807) is 0 Å². The Morgan fingerprint density at radius 3 is 1.40 bits per heavy atom. The molecule has 0 aromatic rings. The highest BCUT2D eigenvalue weighted by molar-refractivity contribution is 5.12. The Labute approximate surface area is 61.5 Å². The van der Waals surface area contributed by atoms with Crippen LogP contribution in [0.15, 0.2) is 0 Å². The van der Waals surface area contributed by atoms with Gasteiger partial charge in [0.2, 0.25) is 0 Å². The Morgan fingerprint density at radius 1 is 0.900 bits per heavy atom. The second kappa shape index (κ2) is 1.41. The molecule has 0 radical (unpaired) electrons. The Morgan fingerprint density at radius 2 is 1.30 bits per heavy atom. The number of hydrogen-bond donors (Lipinski definition) is 0. The van der Waals surface area contributed by atoms with Gasteiger partial charge in [-0.15, -0.1) is 0 Å². The molecule has 0 spiro atoms. The average Bonchev–Trinajstić information content (AvgIpc) is 2.29. The van der Waals surface area contributed by atoms with Gasteiger partial charge in [-0.1, -0.05) is 0 Å². The molecule has 0 saturated carbocycles. The first-order valence-electron chi connectivity index (χ1n) is 3.79. The van der Waals surface area contributed by atoms with Crippen molar-refractivity contribution in [2.24, 2.45) is 0 Å². The lowest BCUT2D eigenvalue weighted by molar-refractivity contribution is -0.128. The fraction of sp³-hybridized carbons (Fsp3) is 1.00. The molecule has 2 saturated heterocycles. The summed E-state index contributed by atoms with van der Waals surface area (Å²) in [7, 11) is 0. The molecule has 2 heterocycles. The van der Waals surface area contributed by atoms with Gasteiger partial charge in [0, 0.05) is 0 Å². The maximum atomic E-state index is 5.77. The fourth-order valence-corrected chi connectivity index (χ4v) is 1.96. The van der Waals surface area contributed by atoms with E-state index in [0.717, 1.165) is 0 Å². The van der Waals surface area contributed by atoms with Crippen LogP contribution in [0.3, 0.4) is 0 Å². The predicted molar refractivity (Wildman–Crippen MR) is 37.9 cm³/mol. The Hall–Kier alpha value is -0.0800. The highest BCUT2D eigenvalue weighted by Gasteiger charge is 2.65. The molecular formula is C8H14O2. The minimum Gasteiger partial charge on any atom is -0.364 e. The Kier molecular flexibility index (Phi) is 0.933. The van der Waals surface area contributed by atoms with Crippen molar-refractivity contribution in [3.8, 4) is 0 Å². The molecule has 2 aliphatic heterocycles. The minimum atomic E-state index is -0.0613. The molecule has 0 amide bonds. The largest absolute Gasteiger partial charge is 0.364 e. The van der Waals surface area contributed by atoms with Crippen LogP contribution < -0.4 is 0 Å². The number of epoxide rings is 1. The third-order valence-corrected chi connectivity index (χ3v) is 2.39. The van der Waals surface area contributed by atoms with E-state index in [0.29, 0.717) is 12.2 Å². The second-order valence-electron chi connectivity index (χ2n) is 4.29. The predicted octanol–water partition coefficient (Wildman–Crippen LogP) is 1.34. The third-order valence-electron chi connectivity index (χ3n) is 2.39. The van der Waals surface area contributed by atoms with Gasteiger partial charge < -0.3 is 9.47 Å². The van der Waals surface area contributed by atoms with E-state index < -0.39 is 0 Å². The highest BCUT2D eigenvalue weighted by atomic mass is 16.7. The van der Waals surface area contributed by atoms with E-state index in [1.807, 2.05) is 0 Å². The lowest BCUT2D eigenvalue weighted by Crippen LogP contribution is -2.34. The van der Waals surface area contributed by atoms with Crippen molar-refractivity contribution in [1.29, 1.82) is 0 Å². The normalized spacial score (nSPS) is 46.8. The van der Waals surface area contributed by atoms with E-state index >= 15 is 0 Å². The first-order chi connectivity index (χ1) is 4.43. The SMILES string of the molecule is CC1(C)OC(C)(C)C2OC21. The van der Waals surface area contributed by atoms with Gasteiger partial charge in [0.05, 0.1) is 11.2 Å². The van der Waals surface area contributed by atoms with Crippen molar-refractivity contribution in [3.05, 3.63) is 0 Å². The summed E-state index contributed by atoms with van der Waals surface area (Å²) in [5, 5.41) is 0. The fourth-order valence-electron chi connectivity index (χ4n) is 1.96. The summed E-state index contributed by atoms with van der Waals surface area (Å²) in [5.74, 6) is 0. The van der Waals surface area contributed by atoms with E-state index in [9.17, 15) is 0 Å². The molecule has 0 aromatic heterocycles. The molecule has 2 atom stereocenters. The van der Waals surface area contributed by atoms with Gasteiger partial charge in [-0.25, -0.2) is 0 Å². The van der Waals surface area contributed by atoms with Gasteiger partial charge in [-0.2, -0.15) is 0 Å². The van der Waals surface area contributed by atoms with Crippen molar-refractivity contribution in [2.75, 3.05) is 0 Å². The molecule has 0 N–H and O–H groups in total. The highest BCUT2D eigenvalue weighted by Crippen LogP contribution is 2.51. The van der Waals surface area contributed by atoms with Crippen LogP contribution in [0.2, 0.25) is 0 Å². The zero-order valence-electron chi connectivity index (χ0n) is 6.97. The van der Waals surface area contributed by atoms with Gasteiger partial charge in [-0.05, 0) is 27.7 Å². The standard InChI is InChI=1S/C8H14O2/c1-7(2)5-6(9-5)8(3,4)10-7/h5-6H,1-4H3. The molecule has 0 aliphatic carbocycles. The number of fused-ring (bicyclic) bond motifs is 1. The van der Waals surface area contributed by atoms with Crippen LogP contribution >= 0.6 is 0 Å². The van der Waals surface area contributed by atoms with Crippen molar-refractivity contribution >= 4 is 0 Å². The van der Waals surface area contributed by atoms with Crippen molar-refractivity contribution in [3.63, 3.8) is 0 Å². The summed E-state index contributed by atoms with van der Waals surface area (Å²) in [6.45, 7) is 8.36. The molecule has 2 aliphatic rings. The smallest absolute Gasteiger partial charge is 0.115 e. The van der Waals surface area contributed by atoms with Crippen molar-refractivity contribution < 1.29 is 9.47 Å². The molecule has 0 aromatic carbocycles. The van der Waals surface area contributed by atoms with Crippen LogP contribution in [0.25, 0.3) is 0 Å². The Bertz CT molecular complexity index is 154. The molecule has 10 heavy (non-hydrogen) atoms. The Balaban J connectivity index is 2.24. The maximum absolute atomic E-state index is 5.77. The number of rotatable bonds is 0. The van der Waals surface area contributed by atoms with Crippen LogP contribution in [0, 0.1) is 0 Å². The first-order valence-corrected chi connectivity index (χ1v) is 3.79. The molecule has 2 rings (SSSR count). The molecule has 2 unspecified atom stereocenters. The summed E-state index contributed by atoms with van der Waals surface area (Å²) < 4.78 is 11.2. The molecule has 2 nitrogen and oxygen atoms in total. The van der Waals surface area contributed by atoms with E-state index in [1.165, 1.54) is 0 Å². The summed E-state index contributed by atoms with van der Waals surface area (Å²) in [4.78, 5) is 0. The zero-order chi connectivity index (χ0) is 7.57. The van der Waals surface area contributed by atoms with E-state index in [4.69, 9.17) is 9.47 Å². The molecule has 0 bridgehead atoms. The number of ether oxygens (including phenoxy) is 2. The van der Waals surface area contributed by atoms with Crippen molar-refractivity contribution in [2.45, 2.75) is 51.1 Å². The van der Waals surface area contributed by atoms with Gasteiger partial charge in [0.25, 0.3) is 0 Å². The average molecular weight is 142 g/mol.